The van der Waals surface area contributed by atoms with Crippen molar-refractivity contribution >= 4 is 15.9 Å². The third kappa shape index (κ3) is 4.01. The molecule has 0 saturated heterocycles. The lowest BCUT2D eigenvalue weighted by atomic mass is 10.6. The minimum absolute atomic E-state index is 0.330. The number of rotatable bonds is 5. The van der Waals surface area contributed by atoms with Gasteiger partial charge in [-0.2, -0.15) is 4.98 Å². The maximum Gasteiger partial charge on any atom is 0.319 e. The van der Waals surface area contributed by atoms with Gasteiger partial charge < -0.3 is 14.4 Å². The molecule has 1 rings (SSSR count). The van der Waals surface area contributed by atoms with Gasteiger partial charge in [-0.25, -0.2) is 4.98 Å². The fraction of sp³-hybridized carbons (Fsp3) is 0.556. The van der Waals surface area contributed by atoms with Crippen LogP contribution in [0.15, 0.2) is 10.7 Å². The predicted octanol–water partition coefficient (Wildman–Crippen LogP) is 1.19. The molecule has 0 atom stereocenters. The number of nitrogens with zero attached hydrogens (tertiary/aromatic N) is 3. The second-order valence-corrected chi connectivity index (χ2v) is 4.02. The van der Waals surface area contributed by atoms with E-state index in [1.807, 2.05) is 19.0 Å². The fourth-order valence-corrected chi connectivity index (χ4v) is 1.22. The fourth-order valence-electron chi connectivity index (χ4n) is 0.868. The van der Waals surface area contributed by atoms with Gasteiger partial charge in [0.2, 0.25) is 5.88 Å². The van der Waals surface area contributed by atoms with Crippen molar-refractivity contribution in [3.63, 3.8) is 0 Å². The van der Waals surface area contributed by atoms with Gasteiger partial charge in [0.15, 0.2) is 0 Å². The molecule has 0 radical (unpaired) electrons. The van der Waals surface area contributed by atoms with E-state index in [1.165, 1.54) is 0 Å². The Bertz CT molecular complexity index is 320. The van der Waals surface area contributed by atoms with E-state index in [1.54, 1.807) is 13.3 Å². The van der Waals surface area contributed by atoms with Gasteiger partial charge in [-0.15, -0.1) is 0 Å². The Hall–Kier alpha value is -0.880. The molecular formula is C9H14BrN3O2. The molecule has 0 aromatic carbocycles. The van der Waals surface area contributed by atoms with Gasteiger partial charge in [0.05, 0.1) is 17.8 Å². The molecule has 5 nitrogen and oxygen atoms in total. The second kappa shape index (κ2) is 5.87. The standard InChI is InChI=1S/C9H14BrN3O2/c1-13(2)4-5-15-9-11-6-7(10)8(12-9)14-3/h6H,4-5H2,1-3H3. The van der Waals surface area contributed by atoms with Gasteiger partial charge >= 0.3 is 6.01 Å². The van der Waals surface area contributed by atoms with Crippen molar-refractivity contribution in [1.29, 1.82) is 0 Å². The Morgan fingerprint density at radius 1 is 1.47 bits per heavy atom. The Labute approximate surface area is 97.5 Å². The number of likely N-dealkylation sites (N-methyl/N-ethyl adjacent to an activating group) is 1. The lowest BCUT2D eigenvalue weighted by Crippen LogP contribution is -2.20. The van der Waals surface area contributed by atoms with E-state index in [-0.39, 0.29) is 0 Å². The van der Waals surface area contributed by atoms with Crippen molar-refractivity contribution < 1.29 is 9.47 Å². The molecular weight excluding hydrogens is 262 g/mol. The van der Waals surface area contributed by atoms with E-state index in [0.29, 0.717) is 23.0 Å². The van der Waals surface area contributed by atoms with E-state index in [2.05, 4.69) is 25.9 Å². The quantitative estimate of drug-likeness (QED) is 0.808. The number of halogens is 1. The first kappa shape index (κ1) is 12.2. The third-order valence-electron chi connectivity index (χ3n) is 1.65. The molecule has 0 spiro atoms. The Kier molecular flexibility index (Phi) is 4.77. The normalized spacial score (nSPS) is 10.5. The summed E-state index contributed by atoms with van der Waals surface area (Å²) < 4.78 is 11.1. The van der Waals surface area contributed by atoms with Crippen LogP contribution in [0.3, 0.4) is 0 Å². The molecule has 0 aliphatic rings. The molecule has 1 heterocycles. The molecule has 1 aromatic rings. The molecule has 1 aromatic heterocycles. The number of methoxy groups -OCH3 is 1. The van der Waals surface area contributed by atoms with E-state index in [9.17, 15) is 0 Å². The van der Waals surface area contributed by atoms with Crippen LogP contribution in [0.2, 0.25) is 0 Å². The van der Waals surface area contributed by atoms with Crippen molar-refractivity contribution in [3.8, 4) is 11.9 Å². The largest absolute Gasteiger partial charge is 0.480 e. The molecule has 0 N–H and O–H groups in total. The molecule has 0 unspecified atom stereocenters. The summed E-state index contributed by atoms with van der Waals surface area (Å²) in [6.45, 7) is 1.37. The number of ether oxygens (including phenoxy) is 2. The first-order chi connectivity index (χ1) is 7.13. The molecule has 0 aliphatic heterocycles. The smallest absolute Gasteiger partial charge is 0.319 e. The topological polar surface area (TPSA) is 47.5 Å². The first-order valence-corrected chi connectivity index (χ1v) is 5.27. The molecule has 0 fully saturated rings. The third-order valence-corrected chi connectivity index (χ3v) is 2.20. The summed E-state index contributed by atoms with van der Waals surface area (Å²) in [7, 11) is 5.51. The SMILES string of the molecule is COc1nc(OCCN(C)C)ncc1Br. The number of hydrogen-bond donors (Lipinski definition) is 0. The Morgan fingerprint density at radius 2 is 2.20 bits per heavy atom. The van der Waals surface area contributed by atoms with Crippen LogP contribution >= 0.6 is 15.9 Å². The van der Waals surface area contributed by atoms with Crippen LogP contribution in [0.25, 0.3) is 0 Å². The minimum Gasteiger partial charge on any atom is -0.480 e. The zero-order chi connectivity index (χ0) is 11.3. The zero-order valence-corrected chi connectivity index (χ0v) is 10.6. The van der Waals surface area contributed by atoms with E-state index in [0.717, 1.165) is 6.54 Å². The monoisotopic (exact) mass is 275 g/mol. The highest BCUT2D eigenvalue weighted by Crippen LogP contribution is 2.22. The number of hydrogen-bond acceptors (Lipinski definition) is 5. The molecule has 0 amide bonds. The summed E-state index contributed by atoms with van der Waals surface area (Å²) in [5, 5.41) is 0. The van der Waals surface area contributed by atoms with E-state index in [4.69, 9.17) is 9.47 Å². The zero-order valence-electron chi connectivity index (χ0n) is 9.03. The molecule has 84 valence electrons. The molecule has 15 heavy (non-hydrogen) atoms. The summed E-state index contributed by atoms with van der Waals surface area (Å²) >= 11 is 3.27. The van der Waals surface area contributed by atoms with Crippen molar-refractivity contribution in [2.45, 2.75) is 0 Å². The average Bonchev–Trinajstić information content (AvgIpc) is 2.20. The summed E-state index contributed by atoms with van der Waals surface area (Å²) in [6.07, 6.45) is 1.61. The Balaban J connectivity index is 2.54. The first-order valence-electron chi connectivity index (χ1n) is 4.47. The second-order valence-electron chi connectivity index (χ2n) is 3.16. The van der Waals surface area contributed by atoms with Crippen LogP contribution in [0.1, 0.15) is 0 Å². The van der Waals surface area contributed by atoms with Gasteiger partial charge in [-0.1, -0.05) is 0 Å². The number of aromatic nitrogens is 2. The predicted molar refractivity (Wildman–Crippen MR) is 60.3 cm³/mol. The lowest BCUT2D eigenvalue weighted by molar-refractivity contribution is 0.241. The van der Waals surface area contributed by atoms with Crippen molar-refractivity contribution in [2.75, 3.05) is 34.4 Å². The summed E-state index contributed by atoms with van der Waals surface area (Å²) in [4.78, 5) is 10.1. The molecule has 6 heteroatoms. The summed E-state index contributed by atoms with van der Waals surface area (Å²) in [5.41, 5.74) is 0. The summed E-state index contributed by atoms with van der Waals surface area (Å²) in [6, 6.07) is 0.330. The van der Waals surface area contributed by atoms with Gasteiger partial charge in [-0.3, -0.25) is 0 Å². The lowest BCUT2D eigenvalue weighted by Gasteiger charge is -2.10. The summed E-state index contributed by atoms with van der Waals surface area (Å²) in [5.74, 6) is 0.477. The molecule has 0 aliphatic carbocycles. The Morgan fingerprint density at radius 3 is 2.80 bits per heavy atom. The van der Waals surface area contributed by atoms with Crippen LogP contribution in [-0.4, -0.2) is 49.2 Å². The van der Waals surface area contributed by atoms with Crippen LogP contribution in [0, 0.1) is 0 Å². The van der Waals surface area contributed by atoms with Gasteiger partial charge in [0, 0.05) is 6.54 Å². The van der Waals surface area contributed by atoms with Crippen molar-refractivity contribution in [2.24, 2.45) is 0 Å². The maximum atomic E-state index is 5.35. The van der Waals surface area contributed by atoms with Crippen molar-refractivity contribution in [3.05, 3.63) is 10.7 Å². The average molecular weight is 276 g/mol. The van der Waals surface area contributed by atoms with Gasteiger partial charge in [0.1, 0.15) is 6.61 Å². The highest BCUT2D eigenvalue weighted by molar-refractivity contribution is 9.10. The highest BCUT2D eigenvalue weighted by atomic mass is 79.9. The van der Waals surface area contributed by atoms with Crippen LogP contribution < -0.4 is 9.47 Å². The molecule has 0 bridgehead atoms. The van der Waals surface area contributed by atoms with E-state index >= 15 is 0 Å². The van der Waals surface area contributed by atoms with E-state index < -0.39 is 0 Å². The van der Waals surface area contributed by atoms with Gasteiger partial charge in [-0.05, 0) is 30.0 Å². The maximum absolute atomic E-state index is 5.35. The highest BCUT2D eigenvalue weighted by Gasteiger charge is 2.05. The van der Waals surface area contributed by atoms with Crippen molar-refractivity contribution in [1.82, 2.24) is 14.9 Å². The van der Waals surface area contributed by atoms with Crippen LogP contribution in [0.4, 0.5) is 0 Å². The van der Waals surface area contributed by atoms with Crippen LogP contribution in [-0.2, 0) is 0 Å². The van der Waals surface area contributed by atoms with Gasteiger partial charge in [0.25, 0.3) is 0 Å². The molecule has 0 saturated carbocycles. The van der Waals surface area contributed by atoms with Crippen LogP contribution in [0.5, 0.6) is 11.9 Å². The minimum atomic E-state index is 0.330.